The van der Waals surface area contributed by atoms with Crippen LogP contribution in [0.5, 0.6) is 5.75 Å². The quantitative estimate of drug-likeness (QED) is 0.864. The number of benzene rings is 1. The van der Waals surface area contributed by atoms with Gasteiger partial charge >= 0.3 is 0 Å². The van der Waals surface area contributed by atoms with Crippen molar-refractivity contribution in [3.05, 3.63) is 29.8 Å². The number of aliphatic hydroxyl groups is 1. The van der Waals surface area contributed by atoms with E-state index in [1.807, 2.05) is 12.1 Å². The van der Waals surface area contributed by atoms with Crippen LogP contribution in [0.15, 0.2) is 24.3 Å². The van der Waals surface area contributed by atoms with Gasteiger partial charge in [-0.05, 0) is 49.3 Å². The second kappa shape index (κ2) is 5.09. The SMILES string of the molecule is CC(C)c1cccc(OC2(CO)CCCC2)c1. The van der Waals surface area contributed by atoms with E-state index in [9.17, 15) is 5.11 Å². The summed E-state index contributed by atoms with van der Waals surface area (Å²) in [5.41, 5.74) is 0.962. The summed E-state index contributed by atoms with van der Waals surface area (Å²) in [6.45, 7) is 4.48. The average Bonchev–Trinajstić information content (AvgIpc) is 2.78. The van der Waals surface area contributed by atoms with Crippen LogP contribution < -0.4 is 4.74 Å². The van der Waals surface area contributed by atoms with Crippen molar-refractivity contribution in [2.24, 2.45) is 0 Å². The topological polar surface area (TPSA) is 29.5 Å². The third-order valence-electron chi connectivity index (χ3n) is 3.66. The summed E-state index contributed by atoms with van der Waals surface area (Å²) < 4.78 is 6.05. The molecule has 1 aliphatic carbocycles. The molecule has 0 atom stereocenters. The number of hydrogen-bond donors (Lipinski definition) is 1. The molecular weight excluding hydrogens is 212 g/mol. The van der Waals surface area contributed by atoms with Gasteiger partial charge in [-0.3, -0.25) is 0 Å². The van der Waals surface area contributed by atoms with Gasteiger partial charge in [0.1, 0.15) is 11.4 Å². The standard InChI is InChI=1S/C15H22O2/c1-12(2)13-6-5-7-14(10-13)17-15(11-16)8-3-4-9-15/h5-7,10,12,16H,3-4,8-9,11H2,1-2H3. The Morgan fingerprint density at radius 2 is 2.00 bits per heavy atom. The Morgan fingerprint density at radius 1 is 1.29 bits per heavy atom. The van der Waals surface area contributed by atoms with Crippen LogP contribution in [0, 0.1) is 0 Å². The normalized spacial score (nSPS) is 18.6. The Kier molecular flexibility index (Phi) is 3.72. The van der Waals surface area contributed by atoms with Gasteiger partial charge in [0.05, 0.1) is 6.61 Å². The van der Waals surface area contributed by atoms with Gasteiger partial charge in [-0.2, -0.15) is 0 Å². The van der Waals surface area contributed by atoms with Crippen LogP contribution in [0.2, 0.25) is 0 Å². The number of hydrogen-bond acceptors (Lipinski definition) is 2. The van der Waals surface area contributed by atoms with E-state index in [1.54, 1.807) is 0 Å². The van der Waals surface area contributed by atoms with Crippen molar-refractivity contribution in [3.8, 4) is 5.75 Å². The van der Waals surface area contributed by atoms with Crippen LogP contribution in [0.3, 0.4) is 0 Å². The summed E-state index contributed by atoms with van der Waals surface area (Å²) in [5, 5.41) is 9.53. The monoisotopic (exact) mass is 234 g/mol. The van der Waals surface area contributed by atoms with Gasteiger partial charge in [0.2, 0.25) is 0 Å². The van der Waals surface area contributed by atoms with Crippen molar-refractivity contribution in [2.75, 3.05) is 6.61 Å². The van der Waals surface area contributed by atoms with Crippen molar-refractivity contribution in [3.63, 3.8) is 0 Å². The largest absolute Gasteiger partial charge is 0.485 e. The predicted molar refractivity (Wildman–Crippen MR) is 69.4 cm³/mol. The molecule has 94 valence electrons. The molecule has 2 heteroatoms. The Bertz CT molecular complexity index is 365. The number of rotatable bonds is 4. The smallest absolute Gasteiger partial charge is 0.132 e. The summed E-state index contributed by atoms with van der Waals surface area (Å²) >= 11 is 0. The zero-order valence-electron chi connectivity index (χ0n) is 10.8. The fourth-order valence-corrected chi connectivity index (χ4v) is 2.50. The first-order chi connectivity index (χ1) is 8.15. The summed E-state index contributed by atoms with van der Waals surface area (Å²) in [6.07, 6.45) is 4.25. The van der Waals surface area contributed by atoms with E-state index < -0.39 is 0 Å². The van der Waals surface area contributed by atoms with Crippen LogP contribution in [0.4, 0.5) is 0 Å². The van der Waals surface area contributed by atoms with Gasteiger partial charge in [0.15, 0.2) is 0 Å². The van der Waals surface area contributed by atoms with E-state index in [4.69, 9.17) is 4.74 Å². The molecule has 0 saturated heterocycles. The van der Waals surface area contributed by atoms with E-state index in [1.165, 1.54) is 5.56 Å². The fourth-order valence-electron chi connectivity index (χ4n) is 2.50. The maximum Gasteiger partial charge on any atom is 0.132 e. The molecule has 0 heterocycles. The van der Waals surface area contributed by atoms with Crippen LogP contribution in [0.25, 0.3) is 0 Å². The molecule has 0 aromatic heterocycles. The molecule has 0 aliphatic heterocycles. The molecule has 0 spiro atoms. The minimum Gasteiger partial charge on any atom is -0.485 e. The molecule has 1 aromatic carbocycles. The first kappa shape index (κ1) is 12.4. The lowest BCUT2D eigenvalue weighted by Crippen LogP contribution is -2.36. The summed E-state index contributed by atoms with van der Waals surface area (Å²) in [5.74, 6) is 1.40. The summed E-state index contributed by atoms with van der Waals surface area (Å²) in [4.78, 5) is 0. The number of ether oxygens (including phenoxy) is 1. The lowest BCUT2D eigenvalue weighted by molar-refractivity contribution is 0.0151. The summed E-state index contributed by atoms with van der Waals surface area (Å²) in [6, 6.07) is 8.24. The van der Waals surface area contributed by atoms with Crippen LogP contribution >= 0.6 is 0 Å². The van der Waals surface area contributed by atoms with Crippen molar-refractivity contribution >= 4 is 0 Å². The molecule has 0 radical (unpaired) electrons. The first-order valence-corrected chi connectivity index (χ1v) is 6.55. The second-order valence-corrected chi connectivity index (χ2v) is 5.38. The van der Waals surface area contributed by atoms with E-state index in [0.717, 1.165) is 31.4 Å². The first-order valence-electron chi connectivity index (χ1n) is 6.55. The Labute approximate surface area is 104 Å². The van der Waals surface area contributed by atoms with Gasteiger partial charge in [-0.25, -0.2) is 0 Å². The molecule has 0 amide bonds. The molecule has 1 aromatic rings. The highest BCUT2D eigenvalue weighted by molar-refractivity contribution is 5.31. The van der Waals surface area contributed by atoms with Gasteiger partial charge in [0.25, 0.3) is 0 Å². The highest BCUT2D eigenvalue weighted by atomic mass is 16.5. The molecule has 2 nitrogen and oxygen atoms in total. The maximum atomic E-state index is 9.53. The maximum absolute atomic E-state index is 9.53. The molecule has 1 aliphatic rings. The van der Waals surface area contributed by atoms with Crippen LogP contribution in [0.1, 0.15) is 51.0 Å². The molecule has 1 N–H and O–H groups in total. The van der Waals surface area contributed by atoms with Gasteiger partial charge in [-0.15, -0.1) is 0 Å². The van der Waals surface area contributed by atoms with Crippen molar-refractivity contribution in [1.29, 1.82) is 0 Å². The summed E-state index contributed by atoms with van der Waals surface area (Å²) in [7, 11) is 0. The Balaban J connectivity index is 2.14. The molecular formula is C15H22O2. The minimum absolute atomic E-state index is 0.124. The molecule has 1 fully saturated rings. The molecule has 1 saturated carbocycles. The zero-order chi connectivity index (χ0) is 12.3. The minimum atomic E-state index is -0.324. The van der Waals surface area contributed by atoms with Gasteiger partial charge < -0.3 is 9.84 Å². The van der Waals surface area contributed by atoms with Gasteiger partial charge in [-0.1, -0.05) is 26.0 Å². The Hall–Kier alpha value is -1.02. The second-order valence-electron chi connectivity index (χ2n) is 5.38. The average molecular weight is 234 g/mol. The molecule has 0 unspecified atom stereocenters. The number of aliphatic hydroxyl groups excluding tert-OH is 1. The Morgan fingerprint density at radius 3 is 2.59 bits per heavy atom. The molecule has 0 bridgehead atoms. The van der Waals surface area contributed by atoms with E-state index in [2.05, 4.69) is 26.0 Å². The van der Waals surface area contributed by atoms with Gasteiger partial charge in [0, 0.05) is 0 Å². The molecule has 17 heavy (non-hydrogen) atoms. The highest BCUT2D eigenvalue weighted by Gasteiger charge is 2.35. The van der Waals surface area contributed by atoms with Crippen molar-refractivity contribution in [2.45, 2.75) is 51.0 Å². The van der Waals surface area contributed by atoms with Crippen molar-refractivity contribution < 1.29 is 9.84 Å². The fraction of sp³-hybridized carbons (Fsp3) is 0.600. The van der Waals surface area contributed by atoms with Crippen LogP contribution in [-0.4, -0.2) is 17.3 Å². The lowest BCUT2D eigenvalue weighted by Gasteiger charge is -2.28. The zero-order valence-corrected chi connectivity index (χ0v) is 10.8. The predicted octanol–water partition coefficient (Wildman–Crippen LogP) is 3.49. The van der Waals surface area contributed by atoms with E-state index >= 15 is 0 Å². The van der Waals surface area contributed by atoms with E-state index in [-0.39, 0.29) is 12.2 Å². The van der Waals surface area contributed by atoms with Crippen LogP contribution in [-0.2, 0) is 0 Å². The van der Waals surface area contributed by atoms with Crippen molar-refractivity contribution in [1.82, 2.24) is 0 Å². The highest BCUT2D eigenvalue weighted by Crippen LogP contribution is 2.34. The van der Waals surface area contributed by atoms with E-state index in [0.29, 0.717) is 5.92 Å². The molecule has 2 rings (SSSR count). The lowest BCUT2D eigenvalue weighted by atomic mass is 10.0. The third kappa shape index (κ3) is 2.81. The third-order valence-corrected chi connectivity index (χ3v) is 3.66.